The first-order valence-corrected chi connectivity index (χ1v) is 4.59. The minimum Gasteiger partial charge on any atom is -0.349 e. The maximum absolute atomic E-state index is 11.6. The molecule has 1 aliphatic rings. The van der Waals surface area contributed by atoms with E-state index in [0.29, 0.717) is 5.84 Å². The lowest BCUT2D eigenvalue weighted by molar-refractivity contribution is -0.132. The van der Waals surface area contributed by atoms with Crippen LogP contribution in [0, 0.1) is 5.41 Å². The van der Waals surface area contributed by atoms with Crippen molar-refractivity contribution in [2.24, 2.45) is 0 Å². The Morgan fingerprint density at radius 2 is 2.23 bits per heavy atom. The fourth-order valence-electron chi connectivity index (χ4n) is 1.63. The van der Waals surface area contributed by atoms with Gasteiger partial charge >= 0.3 is 0 Å². The van der Waals surface area contributed by atoms with E-state index in [2.05, 4.69) is 0 Å². The summed E-state index contributed by atoms with van der Waals surface area (Å²) in [6, 6.07) is -0.176. The second-order valence-electron chi connectivity index (χ2n) is 3.65. The monoisotopic (exact) mass is 183 g/mol. The van der Waals surface area contributed by atoms with E-state index in [0.717, 1.165) is 19.4 Å². The Balaban J connectivity index is 2.61. The van der Waals surface area contributed by atoms with Gasteiger partial charge in [-0.3, -0.25) is 10.2 Å². The van der Waals surface area contributed by atoms with Crippen molar-refractivity contribution in [1.82, 2.24) is 9.80 Å². The minimum absolute atomic E-state index is 0.0756. The predicted molar refractivity (Wildman–Crippen MR) is 51.8 cm³/mol. The summed E-state index contributed by atoms with van der Waals surface area (Å²) in [5.74, 6) is 0.675. The summed E-state index contributed by atoms with van der Waals surface area (Å²) < 4.78 is 0. The number of likely N-dealkylation sites (tertiary alicyclic amines) is 1. The van der Waals surface area contributed by atoms with Crippen LogP contribution in [0.1, 0.15) is 19.8 Å². The van der Waals surface area contributed by atoms with Crippen LogP contribution in [0.25, 0.3) is 0 Å². The van der Waals surface area contributed by atoms with Gasteiger partial charge in [0.05, 0.1) is 5.84 Å². The summed E-state index contributed by atoms with van der Waals surface area (Å²) in [6.07, 6.45) is 1.81. The SMILES string of the molecule is CC(C(=O)N(C)C)N1CCCC1=N. The van der Waals surface area contributed by atoms with E-state index in [1.807, 2.05) is 11.8 Å². The quantitative estimate of drug-likeness (QED) is 0.679. The second-order valence-corrected chi connectivity index (χ2v) is 3.65. The molecule has 0 aromatic carbocycles. The van der Waals surface area contributed by atoms with Gasteiger partial charge in [0.1, 0.15) is 6.04 Å². The molecule has 74 valence electrons. The van der Waals surface area contributed by atoms with Gasteiger partial charge in [0.25, 0.3) is 0 Å². The van der Waals surface area contributed by atoms with Crippen LogP contribution in [-0.4, -0.2) is 48.2 Å². The normalized spacial score (nSPS) is 19.0. The molecule has 4 nitrogen and oxygen atoms in total. The second kappa shape index (κ2) is 3.77. The van der Waals surface area contributed by atoms with Gasteiger partial charge in [-0.2, -0.15) is 0 Å². The first-order valence-electron chi connectivity index (χ1n) is 4.59. The van der Waals surface area contributed by atoms with Crippen LogP contribution < -0.4 is 0 Å². The molecule has 1 amide bonds. The lowest BCUT2D eigenvalue weighted by Crippen LogP contribution is -2.44. The maximum atomic E-state index is 11.6. The molecule has 13 heavy (non-hydrogen) atoms. The molecular weight excluding hydrogens is 166 g/mol. The molecule has 0 aliphatic carbocycles. The smallest absolute Gasteiger partial charge is 0.244 e. The number of hydrogen-bond donors (Lipinski definition) is 1. The predicted octanol–water partition coefficient (Wildman–Crippen LogP) is 0.536. The maximum Gasteiger partial charge on any atom is 0.244 e. The van der Waals surface area contributed by atoms with Crippen molar-refractivity contribution >= 4 is 11.7 Å². The number of rotatable bonds is 2. The molecule has 1 unspecified atom stereocenters. The highest BCUT2D eigenvalue weighted by atomic mass is 16.2. The highest BCUT2D eigenvalue weighted by Gasteiger charge is 2.27. The molecule has 1 saturated heterocycles. The molecule has 0 bridgehead atoms. The number of amides is 1. The summed E-state index contributed by atoms with van der Waals surface area (Å²) in [5, 5.41) is 7.63. The molecule has 0 aromatic heterocycles. The molecule has 4 heteroatoms. The van der Waals surface area contributed by atoms with Crippen LogP contribution >= 0.6 is 0 Å². The molecule has 1 N–H and O–H groups in total. The molecule has 0 radical (unpaired) electrons. The van der Waals surface area contributed by atoms with Crippen molar-refractivity contribution in [3.05, 3.63) is 0 Å². The van der Waals surface area contributed by atoms with E-state index < -0.39 is 0 Å². The third-order valence-electron chi connectivity index (χ3n) is 2.42. The molecule has 1 fully saturated rings. The molecule has 0 spiro atoms. The fourth-order valence-corrected chi connectivity index (χ4v) is 1.63. The Morgan fingerprint density at radius 1 is 1.62 bits per heavy atom. The van der Waals surface area contributed by atoms with Gasteiger partial charge in [0.15, 0.2) is 0 Å². The Kier molecular flexibility index (Phi) is 2.90. The van der Waals surface area contributed by atoms with Gasteiger partial charge in [-0.15, -0.1) is 0 Å². The Labute approximate surface area is 79.0 Å². The summed E-state index contributed by atoms with van der Waals surface area (Å²) in [4.78, 5) is 15.0. The first kappa shape index (κ1) is 10.0. The van der Waals surface area contributed by atoms with E-state index in [1.165, 1.54) is 0 Å². The zero-order valence-corrected chi connectivity index (χ0v) is 8.50. The van der Waals surface area contributed by atoms with Crippen LogP contribution in [0.3, 0.4) is 0 Å². The number of nitrogens with one attached hydrogen (secondary N) is 1. The topological polar surface area (TPSA) is 47.4 Å². The van der Waals surface area contributed by atoms with Gasteiger partial charge in [-0.1, -0.05) is 0 Å². The third kappa shape index (κ3) is 1.99. The number of amidine groups is 1. The highest BCUT2D eigenvalue weighted by molar-refractivity contribution is 5.89. The van der Waals surface area contributed by atoms with Gasteiger partial charge in [-0.25, -0.2) is 0 Å². The molecule has 1 rings (SSSR count). The average Bonchev–Trinajstić information content (AvgIpc) is 2.48. The van der Waals surface area contributed by atoms with Crippen molar-refractivity contribution in [2.75, 3.05) is 20.6 Å². The van der Waals surface area contributed by atoms with Crippen molar-refractivity contribution < 1.29 is 4.79 Å². The highest BCUT2D eigenvalue weighted by Crippen LogP contribution is 2.14. The third-order valence-corrected chi connectivity index (χ3v) is 2.42. The van der Waals surface area contributed by atoms with E-state index in [1.54, 1.807) is 19.0 Å². The zero-order chi connectivity index (χ0) is 10.0. The van der Waals surface area contributed by atoms with Crippen LogP contribution in [-0.2, 0) is 4.79 Å². The van der Waals surface area contributed by atoms with Gasteiger partial charge in [0, 0.05) is 27.1 Å². The Morgan fingerprint density at radius 3 is 2.62 bits per heavy atom. The largest absolute Gasteiger partial charge is 0.349 e. The van der Waals surface area contributed by atoms with E-state index in [-0.39, 0.29) is 11.9 Å². The zero-order valence-electron chi connectivity index (χ0n) is 8.50. The number of likely N-dealkylation sites (N-methyl/N-ethyl adjacent to an activating group) is 1. The summed E-state index contributed by atoms with van der Waals surface area (Å²) in [6.45, 7) is 2.71. The van der Waals surface area contributed by atoms with Crippen LogP contribution in [0.4, 0.5) is 0 Å². The lowest BCUT2D eigenvalue weighted by Gasteiger charge is -2.27. The molecule has 1 atom stereocenters. The Bertz CT molecular complexity index is 225. The van der Waals surface area contributed by atoms with Gasteiger partial charge in [0.2, 0.25) is 5.91 Å². The number of nitrogens with zero attached hydrogens (tertiary/aromatic N) is 2. The minimum atomic E-state index is -0.176. The van der Waals surface area contributed by atoms with E-state index in [9.17, 15) is 4.79 Å². The number of hydrogen-bond acceptors (Lipinski definition) is 2. The average molecular weight is 183 g/mol. The van der Waals surface area contributed by atoms with E-state index in [4.69, 9.17) is 5.41 Å². The van der Waals surface area contributed by atoms with Gasteiger partial charge in [-0.05, 0) is 13.3 Å². The molecule has 1 aliphatic heterocycles. The van der Waals surface area contributed by atoms with Crippen molar-refractivity contribution in [2.45, 2.75) is 25.8 Å². The molecular formula is C9H17N3O. The molecule has 1 heterocycles. The Hall–Kier alpha value is -1.06. The standard InChI is InChI=1S/C9H17N3O/c1-7(9(13)11(2)3)12-6-4-5-8(12)10/h7,10H,4-6H2,1-3H3. The van der Waals surface area contributed by atoms with Crippen molar-refractivity contribution in [3.63, 3.8) is 0 Å². The van der Waals surface area contributed by atoms with Crippen LogP contribution in [0.5, 0.6) is 0 Å². The first-order chi connectivity index (χ1) is 6.04. The summed E-state index contributed by atoms with van der Waals surface area (Å²) >= 11 is 0. The van der Waals surface area contributed by atoms with Crippen molar-refractivity contribution in [3.8, 4) is 0 Å². The van der Waals surface area contributed by atoms with Crippen LogP contribution in [0.2, 0.25) is 0 Å². The number of carbonyl (C=O) groups excluding carboxylic acids is 1. The van der Waals surface area contributed by atoms with E-state index >= 15 is 0 Å². The summed E-state index contributed by atoms with van der Waals surface area (Å²) in [5.41, 5.74) is 0. The van der Waals surface area contributed by atoms with Crippen LogP contribution in [0.15, 0.2) is 0 Å². The lowest BCUT2D eigenvalue weighted by atomic mass is 10.2. The molecule has 0 aromatic rings. The fraction of sp³-hybridized carbons (Fsp3) is 0.778. The summed E-state index contributed by atoms with van der Waals surface area (Å²) in [7, 11) is 3.50. The molecule has 0 saturated carbocycles. The van der Waals surface area contributed by atoms with Gasteiger partial charge < -0.3 is 9.80 Å². The van der Waals surface area contributed by atoms with Crippen molar-refractivity contribution in [1.29, 1.82) is 5.41 Å². The number of carbonyl (C=O) groups is 1.